The average Bonchev–Trinajstić information content (AvgIpc) is 2.71. The first-order valence-corrected chi connectivity index (χ1v) is 9.47. The first-order valence-electron chi connectivity index (χ1n) is 9.47. The molecule has 31 heavy (non-hydrogen) atoms. The number of para-hydroxylation sites is 2. The van der Waals surface area contributed by atoms with Gasteiger partial charge in [-0.15, -0.1) is 0 Å². The summed E-state index contributed by atoms with van der Waals surface area (Å²) in [6.45, 7) is 5.06. The summed E-state index contributed by atoms with van der Waals surface area (Å²) in [6.07, 6.45) is 0.779. The number of ether oxygens (including phenoxy) is 4. The fourth-order valence-corrected chi connectivity index (χ4v) is 2.42. The van der Waals surface area contributed by atoms with Crippen LogP contribution in [-0.4, -0.2) is 44.6 Å². The number of methoxy groups -OCH3 is 2. The normalized spacial score (nSPS) is 11.0. The molecule has 0 aliphatic heterocycles. The minimum Gasteiger partial charge on any atom is -0.495 e. The fourth-order valence-electron chi connectivity index (χ4n) is 2.42. The first-order chi connectivity index (χ1) is 14.7. The lowest BCUT2D eigenvalue weighted by Crippen LogP contribution is -2.29. The van der Waals surface area contributed by atoms with Gasteiger partial charge in [0.1, 0.15) is 11.4 Å². The maximum atomic E-state index is 12.2. The van der Waals surface area contributed by atoms with E-state index in [1.165, 1.54) is 20.4 Å². The Morgan fingerprint density at radius 2 is 1.71 bits per heavy atom. The Hall–Kier alpha value is -3.75. The summed E-state index contributed by atoms with van der Waals surface area (Å²) in [5.74, 6) is 0.997. The van der Waals surface area contributed by atoms with E-state index in [2.05, 4.69) is 15.8 Å². The second kappa shape index (κ2) is 10.9. The van der Waals surface area contributed by atoms with Crippen LogP contribution in [-0.2, 0) is 9.53 Å². The Bertz CT molecular complexity index is 937. The summed E-state index contributed by atoms with van der Waals surface area (Å²) in [7, 11) is 3.01. The molecule has 0 atom stereocenters. The zero-order valence-corrected chi connectivity index (χ0v) is 18.2. The van der Waals surface area contributed by atoms with Gasteiger partial charge < -0.3 is 24.3 Å². The highest BCUT2D eigenvalue weighted by Gasteiger charge is 2.15. The SMILES string of the molecule is COc1ccccc1NC(=O)COc1ccc(/C=N/NC(=O)OC(C)(C)C)cc1OC. The van der Waals surface area contributed by atoms with Gasteiger partial charge in [0, 0.05) is 0 Å². The van der Waals surface area contributed by atoms with Crippen LogP contribution in [0.25, 0.3) is 0 Å². The summed E-state index contributed by atoms with van der Waals surface area (Å²) < 4.78 is 21.2. The summed E-state index contributed by atoms with van der Waals surface area (Å²) in [5.41, 5.74) is 2.88. The molecule has 0 fully saturated rings. The third-order valence-corrected chi connectivity index (χ3v) is 3.70. The highest BCUT2D eigenvalue weighted by molar-refractivity contribution is 5.93. The van der Waals surface area contributed by atoms with Gasteiger partial charge in [-0.2, -0.15) is 5.10 Å². The van der Waals surface area contributed by atoms with Crippen LogP contribution in [0.1, 0.15) is 26.3 Å². The minimum atomic E-state index is -0.656. The minimum absolute atomic E-state index is 0.220. The monoisotopic (exact) mass is 429 g/mol. The standard InChI is InChI=1S/C22H27N3O6/c1-22(2,3)31-21(27)25-23-13-15-10-11-18(19(12-15)29-5)30-14-20(26)24-16-8-6-7-9-17(16)28-4/h6-13H,14H2,1-5H3,(H,24,26)(H,25,27)/b23-13+. The van der Waals surface area contributed by atoms with Crippen molar-refractivity contribution in [1.82, 2.24) is 5.43 Å². The Morgan fingerprint density at radius 3 is 2.39 bits per heavy atom. The molecule has 0 saturated carbocycles. The average molecular weight is 429 g/mol. The number of anilines is 1. The number of hydrazone groups is 1. The Kier molecular flexibility index (Phi) is 8.25. The van der Waals surface area contributed by atoms with Crippen LogP contribution >= 0.6 is 0 Å². The van der Waals surface area contributed by atoms with Gasteiger partial charge in [-0.3, -0.25) is 4.79 Å². The van der Waals surface area contributed by atoms with Crippen molar-refractivity contribution in [2.24, 2.45) is 5.10 Å². The van der Waals surface area contributed by atoms with Crippen LogP contribution in [0, 0.1) is 0 Å². The zero-order chi connectivity index (χ0) is 22.9. The zero-order valence-electron chi connectivity index (χ0n) is 18.2. The lowest BCUT2D eigenvalue weighted by molar-refractivity contribution is -0.118. The van der Waals surface area contributed by atoms with Crippen molar-refractivity contribution in [3.63, 3.8) is 0 Å². The molecular weight excluding hydrogens is 402 g/mol. The molecule has 166 valence electrons. The number of nitrogens with zero attached hydrogens (tertiary/aromatic N) is 1. The van der Waals surface area contributed by atoms with Gasteiger partial charge in [0.05, 0.1) is 26.1 Å². The van der Waals surface area contributed by atoms with E-state index in [0.717, 1.165) is 0 Å². The molecule has 0 unspecified atom stereocenters. The molecule has 0 radical (unpaired) electrons. The molecule has 2 rings (SSSR count). The molecule has 0 spiro atoms. The smallest absolute Gasteiger partial charge is 0.428 e. The summed E-state index contributed by atoms with van der Waals surface area (Å²) in [6, 6.07) is 12.1. The van der Waals surface area contributed by atoms with E-state index >= 15 is 0 Å². The Balaban J connectivity index is 1.94. The topological polar surface area (TPSA) is 107 Å². The fraction of sp³-hybridized carbons (Fsp3) is 0.318. The van der Waals surface area contributed by atoms with Gasteiger partial charge in [-0.05, 0) is 56.7 Å². The van der Waals surface area contributed by atoms with Crippen LogP contribution in [0.5, 0.6) is 17.2 Å². The molecule has 2 amide bonds. The largest absolute Gasteiger partial charge is 0.495 e. The van der Waals surface area contributed by atoms with Gasteiger partial charge in [-0.25, -0.2) is 10.2 Å². The van der Waals surface area contributed by atoms with E-state index in [9.17, 15) is 9.59 Å². The number of nitrogens with one attached hydrogen (secondary N) is 2. The highest BCUT2D eigenvalue weighted by Crippen LogP contribution is 2.28. The van der Waals surface area contributed by atoms with Crippen LogP contribution < -0.4 is 25.0 Å². The molecule has 0 aliphatic carbocycles. The third-order valence-electron chi connectivity index (χ3n) is 3.70. The van der Waals surface area contributed by atoms with Crippen molar-refractivity contribution in [3.05, 3.63) is 48.0 Å². The van der Waals surface area contributed by atoms with Crippen molar-refractivity contribution >= 4 is 23.9 Å². The molecule has 2 aromatic rings. The quantitative estimate of drug-likeness (QED) is 0.491. The molecule has 2 N–H and O–H groups in total. The predicted octanol–water partition coefficient (Wildman–Crippen LogP) is 3.58. The molecule has 2 aromatic carbocycles. The molecule has 0 bridgehead atoms. The number of rotatable bonds is 8. The number of benzene rings is 2. The predicted molar refractivity (Wildman–Crippen MR) is 117 cm³/mol. The van der Waals surface area contributed by atoms with E-state index in [4.69, 9.17) is 18.9 Å². The van der Waals surface area contributed by atoms with Gasteiger partial charge >= 0.3 is 6.09 Å². The number of carbonyl (C=O) groups is 2. The molecule has 0 saturated heterocycles. The summed E-state index contributed by atoms with van der Waals surface area (Å²) >= 11 is 0. The number of hydrogen-bond donors (Lipinski definition) is 2. The number of hydrogen-bond acceptors (Lipinski definition) is 7. The molecule has 0 aliphatic rings. The maximum Gasteiger partial charge on any atom is 0.428 e. The lowest BCUT2D eigenvalue weighted by atomic mass is 10.2. The van der Waals surface area contributed by atoms with E-state index < -0.39 is 11.7 Å². The summed E-state index contributed by atoms with van der Waals surface area (Å²) in [5, 5.41) is 6.58. The number of amides is 2. The molecule has 0 aromatic heterocycles. The van der Waals surface area contributed by atoms with Gasteiger partial charge in [0.25, 0.3) is 5.91 Å². The van der Waals surface area contributed by atoms with Crippen LogP contribution in [0.4, 0.5) is 10.5 Å². The van der Waals surface area contributed by atoms with E-state index in [1.807, 2.05) is 6.07 Å². The van der Waals surface area contributed by atoms with Crippen LogP contribution in [0.3, 0.4) is 0 Å². The lowest BCUT2D eigenvalue weighted by Gasteiger charge is -2.18. The van der Waals surface area contributed by atoms with E-state index in [0.29, 0.717) is 28.5 Å². The van der Waals surface area contributed by atoms with Crippen molar-refractivity contribution in [2.75, 3.05) is 26.1 Å². The number of carbonyl (C=O) groups excluding carboxylic acids is 2. The Morgan fingerprint density at radius 1 is 1.00 bits per heavy atom. The Labute approximate surface area is 181 Å². The van der Waals surface area contributed by atoms with Crippen molar-refractivity contribution in [3.8, 4) is 17.2 Å². The van der Waals surface area contributed by atoms with E-state index in [1.54, 1.807) is 57.2 Å². The van der Waals surface area contributed by atoms with Crippen LogP contribution in [0.2, 0.25) is 0 Å². The van der Waals surface area contributed by atoms with Crippen molar-refractivity contribution < 1.29 is 28.5 Å². The maximum absolute atomic E-state index is 12.2. The van der Waals surface area contributed by atoms with Gasteiger partial charge in [0.15, 0.2) is 18.1 Å². The molecular formula is C22H27N3O6. The first kappa shape index (κ1) is 23.5. The van der Waals surface area contributed by atoms with E-state index in [-0.39, 0.29) is 12.5 Å². The second-order valence-corrected chi connectivity index (χ2v) is 7.32. The van der Waals surface area contributed by atoms with Crippen molar-refractivity contribution in [2.45, 2.75) is 26.4 Å². The summed E-state index contributed by atoms with van der Waals surface area (Å²) in [4.78, 5) is 23.8. The van der Waals surface area contributed by atoms with Crippen LogP contribution in [0.15, 0.2) is 47.6 Å². The molecule has 9 heteroatoms. The third kappa shape index (κ3) is 7.88. The molecule has 9 nitrogen and oxygen atoms in total. The van der Waals surface area contributed by atoms with Crippen molar-refractivity contribution in [1.29, 1.82) is 0 Å². The molecule has 0 heterocycles. The van der Waals surface area contributed by atoms with Gasteiger partial charge in [-0.1, -0.05) is 12.1 Å². The van der Waals surface area contributed by atoms with Gasteiger partial charge in [0.2, 0.25) is 0 Å². The highest BCUT2D eigenvalue weighted by atomic mass is 16.6. The second-order valence-electron chi connectivity index (χ2n) is 7.32.